The van der Waals surface area contributed by atoms with E-state index >= 15 is 0 Å². The van der Waals surface area contributed by atoms with E-state index in [4.69, 9.17) is 25.5 Å². The third kappa shape index (κ3) is 6.47. The molecule has 0 aliphatic heterocycles. The molecule has 0 unspecified atom stereocenters. The third-order valence-corrected chi connectivity index (χ3v) is 1.35. The van der Waals surface area contributed by atoms with Crippen molar-refractivity contribution in [2.45, 2.75) is 25.0 Å². The first-order valence-corrected chi connectivity index (χ1v) is 3.66. The van der Waals surface area contributed by atoms with Gasteiger partial charge in [-0.1, -0.05) is 0 Å². The normalized spacial score (nSPS) is 12.5. The first-order chi connectivity index (χ1) is 5.49. The zero-order valence-corrected chi connectivity index (χ0v) is 6.64. The predicted molar refractivity (Wildman–Crippen MR) is 39.7 cm³/mol. The van der Waals surface area contributed by atoms with Gasteiger partial charge in [-0.2, -0.15) is 0 Å². The lowest BCUT2D eigenvalue weighted by atomic mass is 10.1. The Morgan fingerprint density at radius 3 is 1.67 bits per heavy atom. The van der Waals surface area contributed by atoms with Crippen molar-refractivity contribution in [3.8, 4) is 0 Å². The van der Waals surface area contributed by atoms with Gasteiger partial charge in [0.1, 0.15) is 0 Å². The van der Waals surface area contributed by atoms with E-state index in [1.165, 1.54) is 0 Å². The van der Waals surface area contributed by atoms with Crippen LogP contribution in [-0.4, -0.2) is 50.9 Å². The van der Waals surface area contributed by atoms with E-state index in [-0.39, 0.29) is 26.1 Å². The van der Waals surface area contributed by atoms with Gasteiger partial charge in [0.2, 0.25) is 0 Å². The van der Waals surface area contributed by atoms with E-state index in [0.29, 0.717) is 0 Å². The number of hydrogen-bond donors (Lipinski definition) is 6. The van der Waals surface area contributed by atoms with Crippen LogP contribution in [0.5, 0.6) is 0 Å². The van der Waals surface area contributed by atoms with Gasteiger partial charge in [-0.3, -0.25) is 0 Å². The van der Waals surface area contributed by atoms with Crippen LogP contribution >= 0.6 is 0 Å². The highest BCUT2D eigenvalue weighted by molar-refractivity contribution is 4.66. The average Bonchev–Trinajstić information content (AvgIpc) is 1.84. The second kappa shape index (κ2) is 5.41. The Labute approximate surface area is 70.1 Å². The fourth-order valence-electron chi connectivity index (χ4n) is 0.874. The smallest absolute Gasteiger partial charge is 0.343 e. The summed E-state index contributed by atoms with van der Waals surface area (Å²) in [5, 5.41) is 44.4. The Hall–Kier alpha value is -0.240. The Balaban J connectivity index is 3.77. The highest BCUT2D eigenvalue weighted by Crippen LogP contribution is 2.00. The summed E-state index contributed by atoms with van der Waals surface area (Å²) in [6.07, 6.45) is -2.50. The van der Waals surface area contributed by atoms with Crippen molar-refractivity contribution in [1.29, 1.82) is 0 Å². The molecule has 0 aromatic carbocycles. The molecular formula is C6H15NO5. The molecule has 0 aliphatic carbocycles. The second-order valence-electron chi connectivity index (χ2n) is 2.50. The molecule has 0 aromatic rings. The maximum atomic E-state index is 8.49. The second-order valence-corrected chi connectivity index (χ2v) is 2.50. The van der Waals surface area contributed by atoms with E-state index < -0.39 is 12.1 Å². The summed E-state index contributed by atoms with van der Waals surface area (Å²) in [7, 11) is 0. The van der Waals surface area contributed by atoms with E-state index in [1.54, 1.807) is 0 Å². The zero-order valence-electron chi connectivity index (χ0n) is 6.64. The monoisotopic (exact) mass is 181 g/mol. The highest BCUT2D eigenvalue weighted by atomic mass is 16.7. The van der Waals surface area contributed by atoms with Gasteiger partial charge in [0, 0.05) is 19.3 Å². The SMILES string of the molecule is OCCC(CCO)NC(O)(O)O. The average molecular weight is 181 g/mol. The van der Waals surface area contributed by atoms with Gasteiger partial charge < -0.3 is 25.5 Å². The zero-order chi connectivity index (χ0) is 9.61. The third-order valence-electron chi connectivity index (χ3n) is 1.35. The van der Waals surface area contributed by atoms with Crippen molar-refractivity contribution >= 4 is 0 Å². The topological polar surface area (TPSA) is 113 Å². The van der Waals surface area contributed by atoms with Crippen LogP contribution < -0.4 is 5.32 Å². The maximum Gasteiger partial charge on any atom is 0.343 e. The summed E-state index contributed by atoms with van der Waals surface area (Å²) in [6.45, 7) is -0.318. The van der Waals surface area contributed by atoms with E-state index in [0.717, 1.165) is 0 Å². The van der Waals surface area contributed by atoms with Gasteiger partial charge in [-0.15, -0.1) is 0 Å². The van der Waals surface area contributed by atoms with Crippen LogP contribution in [0.25, 0.3) is 0 Å². The molecule has 0 saturated carbocycles. The molecule has 6 N–H and O–H groups in total. The van der Waals surface area contributed by atoms with Crippen molar-refractivity contribution < 1.29 is 25.5 Å². The predicted octanol–water partition coefficient (Wildman–Crippen LogP) is -2.70. The summed E-state index contributed by atoms with van der Waals surface area (Å²) in [5.41, 5.74) is 0. The standard InChI is InChI=1S/C6H15NO5/c8-3-1-5(2-4-9)7-6(10,11)12/h5,7-12H,1-4H2. The summed E-state index contributed by atoms with van der Waals surface area (Å²) >= 11 is 0. The molecule has 0 rings (SSSR count). The van der Waals surface area contributed by atoms with Gasteiger partial charge in [-0.25, -0.2) is 5.32 Å². The Morgan fingerprint density at radius 1 is 1.00 bits per heavy atom. The molecule has 0 heterocycles. The van der Waals surface area contributed by atoms with Gasteiger partial charge in [-0.05, 0) is 12.8 Å². The largest absolute Gasteiger partial charge is 0.396 e. The molecule has 0 radical (unpaired) electrons. The lowest BCUT2D eigenvalue weighted by Gasteiger charge is -2.23. The number of aliphatic hydroxyl groups is 5. The van der Waals surface area contributed by atoms with E-state index in [1.807, 2.05) is 5.32 Å². The molecule has 0 atom stereocenters. The summed E-state index contributed by atoms with van der Waals surface area (Å²) in [6, 6.07) is -0.528. The van der Waals surface area contributed by atoms with Crippen LogP contribution in [0.4, 0.5) is 0 Å². The lowest BCUT2D eigenvalue weighted by Crippen LogP contribution is -2.50. The quantitative estimate of drug-likeness (QED) is 0.248. The van der Waals surface area contributed by atoms with Gasteiger partial charge in [0.05, 0.1) is 0 Å². The van der Waals surface area contributed by atoms with Crippen LogP contribution in [-0.2, 0) is 0 Å². The van der Waals surface area contributed by atoms with Gasteiger partial charge >= 0.3 is 6.10 Å². The summed E-state index contributed by atoms with van der Waals surface area (Å²) < 4.78 is 0. The molecule has 0 saturated heterocycles. The molecule has 0 bridgehead atoms. The summed E-state index contributed by atoms with van der Waals surface area (Å²) in [5.74, 6) is 0. The van der Waals surface area contributed by atoms with Crippen LogP contribution in [0.3, 0.4) is 0 Å². The first-order valence-electron chi connectivity index (χ1n) is 3.66. The Morgan fingerprint density at radius 2 is 1.42 bits per heavy atom. The summed E-state index contributed by atoms with van der Waals surface area (Å²) in [4.78, 5) is 0. The Bertz CT molecular complexity index is 107. The Kier molecular flexibility index (Phi) is 5.31. The fraction of sp³-hybridized carbons (Fsp3) is 1.00. The molecule has 12 heavy (non-hydrogen) atoms. The number of nitrogens with one attached hydrogen (secondary N) is 1. The van der Waals surface area contributed by atoms with Gasteiger partial charge in [0.25, 0.3) is 0 Å². The molecular weight excluding hydrogens is 166 g/mol. The van der Waals surface area contributed by atoms with Crippen molar-refractivity contribution in [3.63, 3.8) is 0 Å². The highest BCUT2D eigenvalue weighted by Gasteiger charge is 2.22. The maximum absolute atomic E-state index is 8.49. The molecule has 0 spiro atoms. The molecule has 0 amide bonds. The van der Waals surface area contributed by atoms with Crippen LogP contribution in [0, 0.1) is 0 Å². The molecule has 0 aromatic heterocycles. The van der Waals surface area contributed by atoms with Crippen molar-refractivity contribution in [3.05, 3.63) is 0 Å². The molecule has 6 nitrogen and oxygen atoms in total. The molecule has 6 heteroatoms. The number of aliphatic hydroxyl groups excluding tert-OH is 2. The minimum Gasteiger partial charge on any atom is -0.396 e. The number of hydrogen-bond acceptors (Lipinski definition) is 6. The van der Waals surface area contributed by atoms with Crippen molar-refractivity contribution in [2.75, 3.05) is 13.2 Å². The van der Waals surface area contributed by atoms with Gasteiger partial charge in [0.15, 0.2) is 0 Å². The van der Waals surface area contributed by atoms with Crippen LogP contribution in [0.2, 0.25) is 0 Å². The number of rotatable bonds is 6. The van der Waals surface area contributed by atoms with E-state index in [9.17, 15) is 0 Å². The van der Waals surface area contributed by atoms with E-state index in [2.05, 4.69) is 0 Å². The lowest BCUT2D eigenvalue weighted by molar-refractivity contribution is -0.335. The fourth-order valence-corrected chi connectivity index (χ4v) is 0.874. The first kappa shape index (κ1) is 11.8. The van der Waals surface area contributed by atoms with Crippen LogP contribution in [0.1, 0.15) is 12.8 Å². The minimum absolute atomic E-state index is 0.159. The molecule has 74 valence electrons. The minimum atomic E-state index is -2.95. The van der Waals surface area contributed by atoms with Crippen LogP contribution in [0.15, 0.2) is 0 Å². The molecule has 0 fully saturated rings. The molecule has 0 aliphatic rings. The van der Waals surface area contributed by atoms with Crippen molar-refractivity contribution in [1.82, 2.24) is 5.32 Å². The van der Waals surface area contributed by atoms with Crippen molar-refractivity contribution in [2.24, 2.45) is 0 Å².